The zero-order valence-electron chi connectivity index (χ0n) is 21.8. The van der Waals surface area contributed by atoms with Crippen LogP contribution < -0.4 is 14.8 Å². The maximum absolute atomic E-state index is 13.3. The molecule has 4 atom stereocenters. The Kier molecular flexibility index (Phi) is 8.79. The number of hydrogen-bond donors (Lipinski definition) is 1. The van der Waals surface area contributed by atoms with Gasteiger partial charge in [-0.2, -0.15) is 0 Å². The maximum atomic E-state index is 13.3. The summed E-state index contributed by atoms with van der Waals surface area (Å²) in [6.45, 7) is 3.20. The van der Waals surface area contributed by atoms with E-state index in [1.165, 1.54) is 44.7 Å². The van der Waals surface area contributed by atoms with Crippen molar-refractivity contribution in [2.24, 2.45) is 17.8 Å². The highest BCUT2D eigenvalue weighted by atomic mass is 16.6. The molecular weight excluding hydrogens is 472 g/mol. The normalized spacial score (nSPS) is 24.1. The molecule has 1 aromatic heterocycles. The van der Waals surface area contributed by atoms with Crippen molar-refractivity contribution in [3.63, 3.8) is 0 Å². The standard InChI is InChI=1S/C29H36N2O6/c1-18-23(17-20-8-5-4-6-9-20)22(16-21-12-13-21)10-7-11-24(29(34)36-18)31-28(33)26-27(37-19(2)32)25(35-3)14-15-30-26/h4-6,8-9,14-15,18,21-24H,7,10-13,16-17H2,1-3H3,(H,31,33). The van der Waals surface area contributed by atoms with Crippen LogP contribution in [0.4, 0.5) is 0 Å². The lowest BCUT2D eigenvalue weighted by atomic mass is 9.77. The Hall–Kier alpha value is -3.42. The molecule has 37 heavy (non-hydrogen) atoms. The maximum Gasteiger partial charge on any atom is 0.328 e. The lowest BCUT2D eigenvalue weighted by Crippen LogP contribution is -2.43. The van der Waals surface area contributed by atoms with Crippen LogP contribution in [0.25, 0.3) is 0 Å². The van der Waals surface area contributed by atoms with E-state index in [4.69, 9.17) is 14.2 Å². The van der Waals surface area contributed by atoms with Gasteiger partial charge in [-0.25, -0.2) is 9.78 Å². The molecule has 2 aromatic rings. The molecule has 1 saturated carbocycles. The largest absolute Gasteiger partial charge is 0.493 e. The molecule has 1 aliphatic heterocycles. The first-order valence-electron chi connectivity index (χ1n) is 13.1. The van der Waals surface area contributed by atoms with Gasteiger partial charge in [0, 0.05) is 25.1 Å². The van der Waals surface area contributed by atoms with Crippen molar-refractivity contribution >= 4 is 17.8 Å². The molecule has 0 bridgehead atoms. The van der Waals surface area contributed by atoms with Crippen LogP contribution in [-0.4, -0.2) is 42.1 Å². The second-order valence-electron chi connectivity index (χ2n) is 10.2. The van der Waals surface area contributed by atoms with Crippen LogP contribution in [0.1, 0.15) is 68.4 Å². The zero-order chi connectivity index (χ0) is 26.4. The lowest BCUT2D eigenvalue weighted by molar-refractivity contribution is -0.154. The second kappa shape index (κ2) is 12.2. The number of nitrogens with one attached hydrogen (secondary N) is 1. The van der Waals surface area contributed by atoms with Crippen molar-refractivity contribution < 1.29 is 28.6 Å². The fourth-order valence-electron chi connectivity index (χ4n) is 5.30. The predicted octanol–water partition coefficient (Wildman–Crippen LogP) is 4.50. The highest BCUT2D eigenvalue weighted by Gasteiger charge is 2.37. The Morgan fingerprint density at radius 2 is 1.86 bits per heavy atom. The number of carbonyl (C=O) groups is 3. The average Bonchev–Trinajstić information content (AvgIpc) is 3.69. The van der Waals surface area contributed by atoms with Crippen molar-refractivity contribution in [3.8, 4) is 11.5 Å². The van der Waals surface area contributed by atoms with Crippen LogP contribution in [0, 0.1) is 17.8 Å². The molecule has 198 valence electrons. The number of methoxy groups -OCH3 is 1. The monoisotopic (exact) mass is 508 g/mol. The molecule has 0 spiro atoms. The third kappa shape index (κ3) is 7.08. The van der Waals surface area contributed by atoms with Crippen LogP contribution >= 0.6 is 0 Å². The van der Waals surface area contributed by atoms with Gasteiger partial charge < -0.3 is 19.5 Å². The molecule has 2 aliphatic rings. The number of carbonyl (C=O) groups excluding carboxylic acids is 3. The first-order chi connectivity index (χ1) is 17.9. The van der Waals surface area contributed by atoms with Crippen LogP contribution in [0.15, 0.2) is 42.6 Å². The Balaban J connectivity index is 1.52. The fraction of sp³-hybridized carbons (Fsp3) is 0.517. The van der Waals surface area contributed by atoms with Gasteiger partial charge in [0.2, 0.25) is 5.75 Å². The zero-order valence-corrected chi connectivity index (χ0v) is 21.8. The number of nitrogens with zero attached hydrogens (tertiary/aromatic N) is 1. The Morgan fingerprint density at radius 1 is 1.11 bits per heavy atom. The Labute approximate surface area is 218 Å². The van der Waals surface area contributed by atoms with Gasteiger partial charge in [0.05, 0.1) is 7.11 Å². The topological polar surface area (TPSA) is 104 Å². The van der Waals surface area contributed by atoms with Gasteiger partial charge in [-0.15, -0.1) is 0 Å². The Morgan fingerprint density at radius 3 is 2.54 bits per heavy atom. The minimum atomic E-state index is -0.829. The number of amides is 1. The number of benzene rings is 1. The van der Waals surface area contributed by atoms with E-state index in [0.29, 0.717) is 12.3 Å². The highest BCUT2D eigenvalue weighted by Crippen LogP contribution is 2.42. The molecule has 1 aromatic carbocycles. The first kappa shape index (κ1) is 26.6. The van der Waals surface area contributed by atoms with Gasteiger partial charge in [0.1, 0.15) is 12.1 Å². The van der Waals surface area contributed by atoms with Gasteiger partial charge in [0.15, 0.2) is 11.4 Å². The van der Waals surface area contributed by atoms with E-state index < -0.39 is 23.9 Å². The minimum absolute atomic E-state index is 0.0766. The number of ether oxygens (including phenoxy) is 3. The number of rotatable bonds is 8. The predicted molar refractivity (Wildman–Crippen MR) is 137 cm³/mol. The number of aromatic nitrogens is 1. The van der Waals surface area contributed by atoms with Crippen LogP contribution in [-0.2, 0) is 20.7 Å². The molecule has 1 aliphatic carbocycles. The molecule has 8 heteroatoms. The summed E-state index contributed by atoms with van der Waals surface area (Å²) in [7, 11) is 1.41. The van der Waals surface area contributed by atoms with E-state index in [9.17, 15) is 14.4 Å². The molecule has 2 heterocycles. The Bertz CT molecular complexity index is 1100. The fourth-order valence-corrected chi connectivity index (χ4v) is 5.30. The van der Waals surface area contributed by atoms with Gasteiger partial charge in [-0.05, 0) is 50.0 Å². The lowest BCUT2D eigenvalue weighted by Gasteiger charge is -2.31. The molecule has 1 N–H and O–H groups in total. The molecule has 1 amide bonds. The van der Waals surface area contributed by atoms with E-state index in [2.05, 4.69) is 22.4 Å². The summed E-state index contributed by atoms with van der Waals surface area (Å²) in [5.74, 6) is -0.150. The molecule has 2 fully saturated rings. The number of cyclic esters (lactones) is 1. The molecular formula is C29H36N2O6. The quantitative estimate of drug-likeness (QED) is 0.524. The summed E-state index contributed by atoms with van der Waals surface area (Å²) >= 11 is 0. The number of pyridine rings is 1. The number of hydrogen-bond acceptors (Lipinski definition) is 7. The third-order valence-electron chi connectivity index (χ3n) is 7.36. The molecule has 0 radical (unpaired) electrons. The number of esters is 2. The van der Waals surface area contributed by atoms with Crippen LogP contribution in [0.5, 0.6) is 11.5 Å². The van der Waals surface area contributed by atoms with Gasteiger partial charge >= 0.3 is 11.9 Å². The summed E-state index contributed by atoms with van der Waals surface area (Å²) in [5, 5.41) is 2.78. The third-order valence-corrected chi connectivity index (χ3v) is 7.36. The molecule has 1 saturated heterocycles. The smallest absolute Gasteiger partial charge is 0.328 e. The van der Waals surface area contributed by atoms with Crippen LogP contribution in [0.2, 0.25) is 0 Å². The van der Waals surface area contributed by atoms with E-state index in [1.807, 2.05) is 25.1 Å². The van der Waals surface area contributed by atoms with Crippen molar-refractivity contribution in [2.75, 3.05) is 7.11 Å². The molecule has 8 nitrogen and oxygen atoms in total. The molecule has 4 unspecified atom stereocenters. The highest BCUT2D eigenvalue weighted by molar-refractivity contribution is 5.98. The first-order valence-corrected chi connectivity index (χ1v) is 13.1. The van der Waals surface area contributed by atoms with Crippen molar-refractivity contribution in [1.82, 2.24) is 10.3 Å². The van der Waals surface area contributed by atoms with E-state index in [0.717, 1.165) is 31.6 Å². The SMILES string of the molecule is COc1ccnc(C(=O)NC2CCCC(CC3CC3)C(Cc3ccccc3)C(C)OC2=O)c1OC(C)=O. The van der Waals surface area contributed by atoms with Crippen molar-refractivity contribution in [1.29, 1.82) is 0 Å². The summed E-state index contributed by atoms with van der Waals surface area (Å²) in [5.41, 5.74) is 1.12. The summed E-state index contributed by atoms with van der Waals surface area (Å²) in [4.78, 5) is 42.2. The van der Waals surface area contributed by atoms with Gasteiger partial charge in [0.25, 0.3) is 5.91 Å². The summed E-state index contributed by atoms with van der Waals surface area (Å²) in [6, 6.07) is 11.0. The van der Waals surface area contributed by atoms with E-state index >= 15 is 0 Å². The van der Waals surface area contributed by atoms with E-state index in [-0.39, 0.29) is 29.2 Å². The summed E-state index contributed by atoms with van der Waals surface area (Å²) in [6.07, 6.45) is 7.87. The van der Waals surface area contributed by atoms with Crippen LogP contribution in [0.3, 0.4) is 0 Å². The average molecular weight is 509 g/mol. The van der Waals surface area contributed by atoms with Crippen molar-refractivity contribution in [2.45, 2.75) is 70.9 Å². The van der Waals surface area contributed by atoms with Gasteiger partial charge in [-0.1, -0.05) is 49.6 Å². The molecule has 4 rings (SSSR count). The summed E-state index contributed by atoms with van der Waals surface area (Å²) < 4.78 is 16.4. The van der Waals surface area contributed by atoms with Gasteiger partial charge in [-0.3, -0.25) is 9.59 Å². The van der Waals surface area contributed by atoms with E-state index in [1.54, 1.807) is 0 Å². The van der Waals surface area contributed by atoms with Crippen molar-refractivity contribution in [3.05, 3.63) is 53.9 Å². The second-order valence-corrected chi connectivity index (χ2v) is 10.2. The minimum Gasteiger partial charge on any atom is -0.493 e.